The summed E-state index contributed by atoms with van der Waals surface area (Å²) in [5.41, 5.74) is -0.0478. The normalized spacial score (nSPS) is 22.2. The quantitative estimate of drug-likeness (QED) is 0.583. The van der Waals surface area contributed by atoms with Crippen LogP contribution < -0.4 is 14.8 Å². The number of rotatable bonds is 7. The highest BCUT2D eigenvalue weighted by Crippen LogP contribution is 2.29. The van der Waals surface area contributed by atoms with E-state index in [1.165, 1.54) is 32.2 Å². The first-order valence-electron chi connectivity index (χ1n) is 10.6. The van der Waals surface area contributed by atoms with Gasteiger partial charge in [0, 0.05) is 19.1 Å². The lowest BCUT2D eigenvalue weighted by atomic mass is 9.87. The number of ether oxygens (including phenoxy) is 2. The van der Waals surface area contributed by atoms with Crippen LogP contribution in [0.1, 0.15) is 49.9 Å². The molecule has 1 aromatic carbocycles. The average molecular weight is 468 g/mol. The maximum Gasteiger partial charge on any atom is 0.338 e. The first-order chi connectivity index (χ1) is 15.1. The summed E-state index contributed by atoms with van der Waals surface area (Å²) in [5, 5.41) is 2.50. The molecule has 11 heteroatoms. The van der Waals surface area contributed by atoms with Gasteiger partial charge in [-0.25, -0.2) is 22.7 Å². The summed E-state index contributed by atoms with van der Waals surface area (Å²) in [4.78, 5) is 37.4. The minimum atomic E-state index is -3.97. The molecule has 3 amide bonds. The molecule has 0 radical (unpaired) electrons. The van der Waals surface area contributed by atoms with Crippen LogP contribution in [-0.4, -0.2) is 63.6 Å². The number of urea groups is 1. The molecule has 3 unspecified atom stereocenters. The van der Waals surface area contributed by atoms with Crippen LogP contribution in [0.15, 0.2) is 23.1 Å². The van der Waals surface area contributed by atoms with Crippen LogP contribution in [0.4, 0.5) is 4.79 Å². The number of hydrogen-bond acceptors (Lipinski definition) is 7. The molecule has 32 heavy (non-hydrogen) atoms. The SMILES string of the molecule is COc1ccc(C(=O)OC(C)C(=O)N2CCNC2=O)cc1S(=O)(=O)NC1CCCCC1C. The number of amides is 3. The first kappa shape index (κ1) is 24.0. The van der Waals surface area contributed by atoms with Crippen molar-refractivity contribution in [3.05, 3.63) is 23.8 Å². The Balaban J connectivity index is 1.78. The summed E-state index contributed by atoms with van der Waals surface area (Å²) in [6.45, 7) is 3.89. The van der Waals surface area contributed by atoms with Crippen molar-refractivity contribution in [1.82, 2.24) is 14.9 Å². The molecule has 1 aliphatic heterocycles. The third-order valence-corrected chi connectivity index (χ3v) is 7.37. The Labute approximate surface area is 187 Å². The monoisotopic (exact) mass is 467 g/mol. The van der Waals surface area contributed by atoms with Gasteiger partial charge in [0.25, 0.3) is 5.91 Å². The summed E-state index contributed by atoms with van der Waals surface area (Å²) in [5.74, 6) is -1.24. The second kappa shape index (κ2) is 9.86. The zero-order valence-electron chi connectivity index (χ0n) is 18.4. The molecule has 1 saturated carbocycles. The average Bonchev–Trinajstić information content (AvgIpc) is 3.19. The number of hydrogen-bond donors (Lipinski definition) is 2. The number of nitrogens with zero attached hydrogens (tertiary/aromatic N) is 1. The predicted octanol–water partition coefficient (Wildman–Crippen LogP) is 1.65. The van der Waals surface area contributed by atoms with Gasteiger partial charge in [0.05, 0.1) is 12.7 Å². The lowest BCUT2D eigenvalue weighted by molar-refractivity contribution is -0.136. The first-order valence-corrected chi connectivity index (χ1v) is 12.1. The fraction of sp³-hybridized carbons (Fsp3) is 0.571. The van der Waals surface area contributed by atoms with E-state index in [0.29, 0.717) is 6.54 Å². The minimum Gasteiger partial charge on any atom is -0.495 e. The Morgan fingerprint density at radius 1 is 1.25 bits per heavy atom. The van der Waals surface area contributed by atoms with Crippen molar-refractivity contribution < 1.29 is 32.3 Å². The van der Waals surface area contributed by atoms with Gasteiger partial charge in [0.2, 0.25) is 10.0 Å². The maximum absolute atomic E-state index is 13.1. The van der Waals surface area contributed by atoms with Crippen LogP contribution in [0, 0.1) is 5.92 Å². The Bertz CT molecular complexity index is 995. The maximum atomic E-state index is 13.1. The van der Waals surface area contributed by atoms with Gasteiger partial charge in [-0.2, -0.15) is 0 Å². The number of methoxy groups -OCH3 is 1. The Hall–Kier alpha value is -2.66. The van der Waals surface area contributed by atoms with Crippen molar-refractivity contribution in [2.24, 2.45) is 5.92 Å². The molecule has 0 aromatic heterocycles. The second-order valence-corrected chi connectivity index (χ2v) is 9.81. The molecule has 3 atom stereocenters. The topological polar surface area (TPSA) is 131 Å². The standard InChI is InChI=1S/C21H29N3O7S/c1-13-6-4-5-7-16(13)23-32(28,29)18-12-15(8-9-17(18)30-3)20(26)31-14(2)19(25)24-11-10-22-21(24)27/h8-9,12-14,16,23H,4-7,10-11H2,1-3H3,(H,22,27). The number of imide groups is 1. The molecule has 176 valence electrons. The molecule has 3 rings (SSSR count). The molecular formula is C21H29N3O7S. The summed E-state index contributed by atoms with van der Waals surface area (Å²) < 4.78 is 39.3. The van der Waals surface area contributed by atoms with E-state index < -0.39 is 34.0 Å². The number of esters is 1. The van der Waals surface area contributed by atoms with E-state index >= 15 is 0 Å². The molecule has 0 spiro atoms. The van der Waals surface area contributed by atoms with E-state index in [4.69, 9.17) is 9.47 Å². The molecule has 10 nitrogen and oxygen atoms in total. The summed E-state index contributed by atoms with van der Waals surface area (Å²) in [6, 6.07) is 3.17. The molecule has 0 bridgehead atoms. The third kappa shape index (κ3) is 5.21. The van der Waals surface area contributed by atoms with Gasteiger partial charge in [0.15, 0.2) is 6.10 Å². The molecule has 1 aromatic rings. The van der Waals surface area contributed by atoms with Crippen molar-refractivity contribution in [1.29, 1.82) is 0 Å². The Kier molecular flexibility index (Phi) is 7.40. The van der Waals surface area contributed by atoms with Gasteiger partial charge in [-0.15, -0.1) is 0 Å². The van der Waals surface area contributed by atoms with Crippen molar-refractivity contribution in [2.75, 3.05) is 20.2 Å². The largest absolute Gasteiger partial charge is 0.495 e. The van der Waals surface area contributed by atoms with Gasteiger partial charge < -0.3 is 14.8 Å². The highest BCUT2D eigenvalue weighted by molar-refractivity contribution is 7.89. The predicted molar refractivity (Wildman–Crippen MR) is 115 cm³/mol. The van der Waals surface area contributed by atoms with Crippen molar-refractivity contribution >= 4 is 27.9 Å². The number of nitrogens with one attached hydrogen (secondary N) is 2. The zero-order valence-corrected chi connectivity index (χ0v) is 19.2. The Morgan fingerprint density at radius 3 is 2.59 bits per heavy atom. The summed E-state index contributed by atoms with van der Waals surface area (Å²) >= 11 is 0. The molecule has 1 heterocycles. The third-order valence-electron chi connectivity index (χ3n) is 5.86. The highest BCUT2D eigenvalue weighted by Gasteiger charge is 2.33. The van der Waals surface area contributed by atoms with E-state index in [2.05, 4.69) is 10.0 Å². The van der Waals surface area contributed by atoms with Crippen LogP contribution >= 0.6 is 0 Å². The van der Waals surface area contributed by atoms with Gasteiger partial charge in [0.1, 0.15) is 10.6 Å². The van der Waals surface area contributed by atoms with E-state index in [0.717, 1.165) is 30.6 Å². The molecule has 2 aliphatic rings. The van der Waals surface area contributed by atoms with Crippen LogP contribution in [0.3, 0.4) is 0 Å². The highest BCUT2D eigenvalue weighted by atomic mass is 32.2. The molecule has 1 aliphatic carbocycles. The smallest absolute Gasteiger partial charge is 0.338 e. The fourth-order valence-corrected chi connectivity index (χ4v) is 5.52. The summed E-state index contributed by atoms with van der Waals surface area (Å²) in [6.07, 6.45) is 2.49. The molecule has 2 fully saturated rings. The van der Waals surface area contributed by atoms with E-state index in [9.17, 15) is 22.8 Å². The second-order valence-electron chi connectivity index (χ2n) is 8.12. The van der Waals surface area contributed by atoms with Crippen molar-refractivity contribution in [2.45, 2.75) is 56.6 Å². The Morgan fingerprint density at radius 2 is 1.97 bits per heavy atom. The van der Waals surface area contributed by atoms with Crippen LogP contribution in [0.2, 0.25) is 0 Å². The van der Waals surface area contributed by atoms with Crippen molar-refractivity contribution in [3.63, 3.8) is 0 Å². The zero-order chi connectivity index (χ0) is 23.5. The number of benzene rings is 1. The van der Waals surface area contributed by atoms with E-state index in [-0.39, 0.29) is 34.7 Å². The van der Waals surface area contributed by atoms with Crippen LogP contribution in [-0.2, 0) is 19.6 Å². The van der Waals surface area contributed by atoms with E-state index in [1.54, 1.807) is 0 Å². The number of carbonyl (C=O) groups excluding carboxylic acids is 3. The lowest BCUT2D eigenvalue weighted by Gasteiger charge is -2.29. The van der Waals surface area contributed by atoms with Crippen molar-refractivity contribution in [3.8, 4) is 5.75 Å². The van der Waals surface area contributed by atoms with E-state index in [1.807, 2.05) is 6.92 Å². The van der Waals surface area contributed by atoms with Gasteiger partial charge in [-0.3, -0.25) is 9.69 Å². The molecular weight excluding hydrogens is 438 g/mol. The van der Waals surface area contributed by atoms with Gasteiger partial charge in [-0.1, -0.05) is 19.8 Å². The fourth-order valence-electron chi connectivity index (χ4n) is 3.95. The summed E-state index contributed by atoms with van der Waals surface area (Å²) in [7, 11) is -2.62. The lowest BCUT2D eigenvalue weighted by Crippen LogP contribution is -2.42. The number of carbonyl (C=O) groups is 3. The molecule has 2 N–H and O–H groups in total. The van der Waals surface area contributed by atoms with Crippen LogP contribution in [0.5, 0.6) is 5.75 Å². The van der Waals surface area contributed by atoms with Crippen LogP contribution in [0.25, 0.3) is 0 Å². The number of sulfonamides is 1. The minimum absolute atomic E-state index is 0.0478. The van der Waals surface area contributed by atoms with Gasteiger partial charge in [-0.05, 0) is 43.9 Å². The van der Waals surface area contributed by atoms with Gasteiger partial charge >= 0.3 is 12.0 Å². The molecule has 1 saturated heterocycles.